The number of carbonyl (C=O) groups excluding carboxylic acids is 2. The fourth-order valence-electron chi connectivity index (χ4n) is 3.90. The predicted molar refractivity (Wildman–Crippen MR) is 104 cm³/mol. The molecule has 0 aromatic heterocycles. The van der Waals surface area contributed by atoms with Gasteiger partial charge in [0.05, 0.1) is 19.1 Å². The van der Waals surface area contributed by atoms with Gasteiger partial charge in [-0.15, -0.1) is 0 Å². The lowest BCUT2D eigenvalue weighted by Gasteiger charge is -2.29. The first-order chi connectivity index (χ1) is 13.1. The van der Waals surface area contributed by atoms with Crippen molar-refractivity contribution in [3.05, 3.63) is 59.7 Å². The summed E-state index contributed by atoms with van der Waals surface area (Å²) in [5.74, 6) is 0.654. The van der Waals surface area contributed by atoms with Crippen molar-refractivity contribution < 1.29 is 14.3 Å². The molecule has 0 spiro atoms. The minimum atomic E-state index is -0.494. The van der Waals surface area contributed by atoms with Crippen LogP contribution in [0.25, 0.3) is 0 Å². The number of nitrogens with one attached hydrogen (secondary N) is 1. The Labute approximate surface area is 159 Å². The molecule has 0 saturated heterocycles. The van der Waals surface area contributed by atoms with Crippen LogP contribution in [0.3, 0.4) is 0 Å². The molecular weight excluding hydrogens is 340 g/mol. The number of benzene rings is 2. The number of fused-ring (bicyclic) bond motifs is 1. The van der Waals surface area contributed by atoms with Crippen molar-refractivity contribution in [1.29, 1.82) is 0 Å². The number of hydrogen-bond donors (Lipinski definition) is 1. The summed E-state index contributed by atoms with van der Waals surface area (Å²) in [4.78, 5) is 27.3. The van der Waals surface area contributed by atoms with Gasteiger partial charge in [-0.2, -0.15) is 0 Å². The van der Waals surface area contributed by atoms with Gasteiger partial charge < -0.3 is 15.0 Å². The van der Waals surface area contributed by atoms with Gasteiger partial charge >= 0.3 is 0 Å². The van der Waals surface area contributed by atoms with Crippen molar-refractivity contribution in [1.82, 2.24) is 5.32 Å². The zero-order valence-corrected chi connectivity index (χ0v) is 15.5. The molecule has 0 bridgehead atoms. The maximum Gasteiger partial charge on any atom is 0.246 e. The minimum absolute atomic E-state index is 0.0328. The molecule has 1 N–H and O–H groups in total. The van der Waals surface area contributed by atoms with Crippen LogP contribution in [0.1, 0.15) is 30.4 Å². The zero-order chi connectivity index (χ0) is 18.9. The standard InChI is InChI=1S/C22H24N2O3/c1-27-18-10-8-17(9-11-18)22(12-13-22)21(26)23-15-20(25)24-14-4-6-16-5-2-3-7-19(16)24/h2-3,5,7-11H,4,6,12-15H2,1H3,(H,23,26). The Morgan fingerprint density at radius 2 is 1.85 bits per heavy atom. The van der Waals surface area contributed by atoms with E-state index in [2.05, 4.69) is 11.4 Å². The third-order valence-electron chi connectivity index (χ3n) is 5.64. The zero-order valence-electron chi connectivity index (χ0n) is 15.5. The van der Waals surface area contributed by atoms with Gasteiger partial charge in [0, 0.05) is 12.2 Å². The molecule has 5 nitrogen and oxygen atoms in total. The monoisotopic (exact) mass is 364 g/mol. The van der Waals surface area contributed by atoms with Crippen LogP contribution in [0.5, 0.6) is 5.75 Å². The molecule has 1 heterocycles. The van der Waals surface area contributed by atoms with Crippen LogP contribution in [0.4, 0.5) is 5.69 Å². The number of anilines is 1. The van der Waals surface area contributed by atoms with Gasteiger partial charge in [0.15, 0.2) is 0 Å². The molecule has 1 aliphatic heterocycles. The molecule has 2 aromatic carbocycles. The highest BCUT2D eigenvalue weighted by molar-refractivity contribution is 5.99. The third kappa shape index (κ3) is 3.29. The number of hydrogen-bond acceptors (Lipinski definition) is 3. The minimum Gasteiger partial charge on any atom is -0.497 e. The van der Waals surface area contributed by atoms with Crippen LogP contribution in [0.2, 0.25) is 0 Å². The van der Waals surface area contributed by atoms with Crippen LogP contribution < -0.4 is 15.0 Å². The first-order valence-electron chi connectivity index (χ1n) is 9.45. The molecule has 27 heavy (non-hydrogen) atoms. The summed E-state index contributed by atoms with van der Waals surface area (Å²) in [6.07, 6.45) is 3.57. The Balaban J connectivity index is 1.41. The number of rotatable bonds is 5. The van der Waals surface area contributed by atoms with E-state index in [9.17, 15) is 9.59 Å². The number of ether oxygens (including phenoxy) is 1. The van der Waals surface area contributed by atoms with Crippen LogP contribution in [0.15, 0.2) is 48.5 Å². The van der Waals surface area contributed by atoms with E-state index < -0.39 is 5.41 Å². The van der Waals surface area contributed by atoms with Crippen molar-refractivity contribution in [3.8, 4) is 5.75 Å². The van der Waals surface area contributed by atoms with Gasteiger partial charge in [-0.1, -0.05) is 30.3 Å². The molecule has 0 radical (unpaired) electrons. The summed E-state index contributed by atoms with van der Waals surface area (Å²) in [5.41, 5.74) is 2.66. The number of carbonyl (C=O) groups is 2. The summed E-state index contributed by atoms with van der Waals surface area (Å²) in [7, 11) is 1.62. The van der Waals surface area contributed by atoms with Gasteiger partial charge in [0.2, 0.25) is 11.8 Å². The maximum absolute atomic E-state index is 12.8. The molecule has 2 amide bonds. The molecule has 5 heteroatoms. The molecule has 140 valence electrons. The van der Waals surface area contributed by atoms with Gasteiger partial charge in [-0.3, -0.25) is 9.59 Å². The molecule has 0 unspecified atom stereocenters. The van der Waals surface area contributed by atoms with Crippen molar-refractivity contribution in [2.45, 2.75) is 31.1 Å². The van der Waals surface area contributed by atoms with Crippen LogP contribution in [-0.4, -0.2) is 32.0 Å². The number of nitrogens with zero attached hydrogens (tertiary/aromatic N) is 1. The molecule has 1 aliphatic carbocycles. The molecule has 1 saturated carbocycles. The van der Waals surface area contributed by atoms with Crippen LogP contribution >= 0.6 is 0 Å². The van der Waals surface area contributed by atoms with Crippen molar-refractivity contribution in [3.63, 3.8) is 0 Å². The van der Waals surface area contributed by atoms with Crippen molar-refractivity contribution in [2.24, 2.45) is 0 Å². The second-order valence-corrected chi connectivity index (χ2v) is 7.27. The first kappa shape index (κ1) is 17.6. The predicted octanol–water partition coefficient (Wildman–Crippen LogP) is 2.82. The Hall–Kier alpha value is -2.82. The highest BCUT2D eigenvalue weighted by Gasteiger charge is 2.51. The molecular formula is C22H24N2O3. The van der Waals surface area contributed by atoms with E-state index in [4.69, 9.17) is 4.74 Å². The summed E-state index contributed by atoms with van der Waals surface area (Å²) >= 11 is 0. The number of para-hydroxylation sites is 1. The van der Waals surface area contributed by atoms with Crippen molar-refractivity contribution in [2.75, 3.05) is 25.1 Å². The highest BCUT2D eigenvalue weighted by Crippen LogP contribution is 2.48. The first-order valence-corrected chi connectivity index (χ1v) is 9.45. The highest BCUT2D eigenvalue weighted by atomic mass is 16.5. The van der Waals surface area contributed by atoms with Crippen LogP contribution in [-0.2, 0) is 21.4 Å². The Morgan fingerprint density at radius 3 is 2.56 bits per heavy atom. The van der Waals surface area contributed by atoms with Gasteiger partial charge in [0.25, 0.3) is 0 Å². The molecule has 4 rings (SSSR count). The van der Waals surface area contributed by atoms with E-state index in [1.165, 1.54) is 5.56 Å². The molecule has 2 aromatic rings. The number of methoxy groups -OCH3 is 1. The summed E-state index contributed by atoms with van der Waals surface area (Å²) in [5, 5.41) is 2.88. The second-order valence-electron chi connectivity index (χ2n) is 7.27. The van der Waals surface area contributed by atoms with E-state index in [1.807, 2.05) is 42.5 Å². The SMILES string of the molecule is COc1ccc(C2(C(=O)NCC(=O)N3CCCc4ccccc43)CC2)cc1. The number of amides is 2. The van der Waals surface area contributed by atoms with Gasteiger partial charge in [0.1, 0.15) is 5.75 Å². The van der Waals surface area contributed by atoms with E-state index in [0.717, 1.165) is 42.7 Å². The maximum atomic E-state index is 12.8. The third-order valence-corrected chi connectivity index (χ3v) is 5.64. The van der Waals surface area contributed by atoms with Crippen LogP contribution in [0, 0.1) is 0 Å². The lowest BCUT2D eigenvalue weighted by molar-refractivity contribution is -0.126. The lowest BCUT2D eigenvalue weighted by Crippen LogP contribution is -2.45. The largest absolute Gasteiger partial charge is 0.497 e. The fourth-order valence-corrected chi connectivity index (χ4v) is 3.90. The summed E-state index contributed by atoms with van der Waals surface area (Å²) in [6.45, 7) is 0.737. The Bertz CT molecular complexity index is 856. The number of aryl methyl sites for hydroxylation is 1. The molecule has 2 aliphatic rings. The Kier molecular flexibility index (Phi) is 4.60. The molecule has 1 fully saturated rings. The fraction of sp³-hybridized carbons (Fsp3) is 0.364. The van der Waals surface area contributed by atoms with E-state index in [-0.39, 0.29) is 18.4 Å². The lowest BCUT2D eigenvalue weighted by atomic mass is 9.95. The quantitative estimate of drug-likeness (QED) is 0.888. The van der Waals surface area contributed by atoms with Gasteiger partial charge in [-0.25, -0.2) is 0 Å². The average molecular weight is 364 g/mol. The van der Waals surface area contributed by atoms with E-state index in [0.29, 0.717) is 6.54 Å². The smallest absolute Gasteiger partial charge is 0.246 e. The second kappa shape index (κ2) is 7.06. The average Bonchev–Trinajstić information content (AvgIpc) is 3.53. The topological polar surface area (TPSA) is 58.6 Å². The van der Waals surface area contributed by atoms with Crippen molar-refractivity contribution >= 4 is 17.5 Å². The van der Waals surface area contributed by atoms with E-state index in [1.54, 1.807) is 12.0 Å². The summed E-state index contributed by atoms with van der Waals surface area (Å²) in [6, 6.07) is 15.6. The van der Waals surface area contributed by atoms with E-state index >= 15 is 0 Å². The van der Waals surface area contributed by atoms with Gasteiger partial charge in [-0.05, 0) is 55.0 Å². The normalized spacial score (nSPS) is 17.0. The summed E-state index contributed by atoms with van der Waals surface area (Å²) < 4.78 is 5.19. The molecule has 0 atom stereocenters. The Morgan fingerprint density at radius 1 is 1.11 bits per heavy atom.